The second-order valence-electron chi connectivity index (χ2n) is 3.55. The van der Waals surface area contributed by atoms with E-state index < -0.39 is 10.0 Å². The Morgan fingerprint density at radius 3 is 2.61 bits per heavy atom. The third-order valence-corrected chi connectivity index (χ3v) is 4.30. The molecule has 0 aliphatic rings. The molecule has 1 amide bonds. The molecule has 0 atom stereocenters. The molecule has 0 radical (unpaired) electrons. The monoisotopic (exact) mass is 334 g/mol. The molecule has 1 aromatic carbocycles. The van der Waals surface area contributed by atoms with Crippen LogP contribution in [0.1, 0.15) is 17.3 Å². The zero-order valence-electron chi connectivity index (χ0n) is 9.94. The summed E-state index contributed by atoms with van der Waals surface area (Å²) in [6.07, 6.45) is 0. The summed E-state index contributed by atoms with van der Waals surface area (Å²) in [6, 6.07) is 6.97. The van der Waals surface area contributed by atoms with E-state index in [0.29, 0.717) is 16.6 Å². The maximum absolute atomic E-state index is 11.8. The van der Waals surface area contributed by atoms with Crippen molar-refractivity contribution in [1.82, 2.24) is 10.0 Å². The first-order valence-corrected chi connectivity index (χ1v) is 7.91. The minimum absolute atomic E-state index is 0.0789. The molecule has 1 aromatic rings. The van der Waals surface area contributed by atoms with E-state index in [0.717, 1.165) is 0 Å². The van der Waals surface area contributed by atoms with Crippen LogP contribution in [0.4, 0.5) is 0 Å². The Kier molecular flexibility index (Phi) is 5.77. The molecule has 2 N–H and O–H groups in total. The third-order valence-electron chi connectivity index (χ3n) is 2.14. The first-order chi connectivity index (χ1) is 8.46. The Morgan fingerprint density at radius 2 is 2.00 bits per heavy atom. The molecule has 0 aromatic heterocycles. The van der Waals surface area contributed by atoms with Gasteiger partial charge in [-0.3, -0.25) is 4.79 Å². The number of nitrogens with one attached hydrogen (secondary N) is 2. The van der Waals surface area contributed by atoms with Gasteiger partial charge >= 0.3 is 0 Å². The lowest BCUT2D eigenvalue weighted by molar-refractivity contribution is 0.0955. The number of halogens is 1. The second-order valence-corrected chi connectivity index (χ2v) is 6.33. The zero-order valence-corrected chi connectivity index (χ0v) is 12.3. The Bertz CT molecular complexity index is 517. The van der Waals surface area contributed by atoms with Gasteiger partial charge in [0.05, 0.1) is 11.3 Å². The van der Waals surface area contributed by atoms with Gasteiger partial charge in [0.15, 0.2) is 0 Å². The van der Waals surface area contributed by atoms with Crippen molar-refractivity contribution in [2.45, 2.75) is 6.92 Å². The van der Waals surface area contributed by atoms with Gasteiger partial charge in [-0.2, -0.15) is 0 Å². The van der Waals surface area contributed by atoms with E-state index in [-0.39, 0.29) is 18.2 Å². The van der Waals surface area contributed by atoms with Crippen LogP contribution in [0.25, 0.3) is 0 Å². The van der Waals surface area contributed by atoms with Crippen LogP contribution in [0.5, 0.6) is 0 Å². The summed E-state index contributed by atoms with van der Waals surface area (Å²) >= 11 is 3.26. The van der Waals surface area contributed by atoms with E-state index >= 15 is 0 Å². The maximum atomic E-state index is 11.8. The van der Waals surface area contributed by atoms with Crippen molar-refractivity contribution in [3.8, 4) is 0 Å². The molecule has 0 aliphatic carbocycles. The highest BCUT2D eigenvalue weighted by atomic mass is 79.9. The third kappa shape index (κ3) is 4.75. The summed E-state index contributed by atoms with van der Waals surface area (Å²) in [4.78, 5) is 11.8. The van der Waals surface area contributed by atoms with E-state index in [9.17, 15) is 13.2 Å². The van der Waals surface area contributed by atoms with Crippen LogP contribution < -0.4 is 10.0 Å². The van der Waals surface area contributed by atoms with Crippen LogP contribution in [-0.2, 0) is 10.0 Å². The molecule has 0 aliphatic heterocycles. The number of rotatable bonds is 6. The van der Waals surface area contributed by atoms with Crippen LogP contribution >= 0.6 is 15.9 Å². The molecule has 100 valence electrons. The molecule has 0 heterocycles. The molecule has 5 nitrogen and oxygen atoms in total. The Hall–Kier alpha value is -0.920. The van der Waals surface area contributed by atoms with E-state index in [4.69, 9.17) is 0 Å². The van der Waals surface area contributed by atoms with Gasteiger partial charge in [-0.15, -0.1) is 0 Å². The van der Waals surface area contributed by atoms with E-state index in [1.165, 1.54) is 0 Å². The number of benzene rings is 1. The van der Waals surface area contributed by atoms with Crippen LogP contribution in [0, 0.1) is 0 Å². The molecular weight excluding hydrogens is 320 g/mol. The van der Waals surface area contributed by atoms with Crippen molar-refractivity contribution in [2.75, 3.05) is 18.8 Å². The molecule has 0 fully saturated rings. The fourth-order valence-electron chi connectivity index (χ4n) is 1.33. The highest BCUT2D eigenvalue weighted by molar-refractivity contribution is 9.10. The molecule has 0 bridgehead atoms. The van der Waals surface area contributed by atoms with E-state index in [1.54, 1.807) is 31.2 Å². The summed E-state index contributed by atoms with van der Waals surface area (Å²) in [5, 5.41) is 2.57. The van der Waals surface area contributed by atoms with Crippen molar-refractivity contribution < 1.29 is 13.2 Å². The second kappa shape index (κ2) is 6.86. The molecular formula is C11H15BrN2O3S. The quantitative estimate of drug-likeness (QED) is 0.818. The standard InChI is InChI=1S/C11H15BrN2O3S/c1-2-14-18(16,17)8-7-13-11(15)9-5-3-4-6-10(9)12/h3-6,14H,2,7-8H2,1H3,(H,13,15). The van der Waals surface area contributed by atoms with Gasteiger partial charge in [0.1, 0.15) is 0 Å². The molecule has 18 heavy (non-hydrogen) atoms. The fourth-order valence-corrected chi connectivity index (χ4v) is 2.75. The van der Waals surface area contributed by atoms with Crippen molar-refractivity contribution in [3.05, 3.63) is 34.3 Å². The first-order valence-electron chi connectivity index (χ1n) is 5.46. The van der Waals surface area contributed by atoms with Gasteiger partial charge in [0.2, 0.25) is 10.0 Å². The summed E-state index contributed by atoms with van der Waals surface area (Å²) in [6.45, 7) is 2.13. The number of amides is 1. The van der Waals surface area contributed by atoms with Gasteiger partial charge in [-0.05, 0) is 28.1 Å². The van der Waals surface area contributed by atoms with E-state index in [2.05, 4.69) is 26.0 Å². The molecule has 0 unspecified atom stereocenters. The normalized spacial score (nSPS) is 11.2. The fraction of sp³-hybridized carbons (Fsp3) is 0.364. The molecule has 7 heteroatoms. The average Bonchev–Trinajstić information content (AvgIpc) is 2.29. The van der Waals surface area contributed by atoms with Crippen LogP contribution in [-0.4, -0.2) is 33.2 Å². The highest BCUT2D eigenvalue weighted by Crippen LogP contribution is 2.15. The summed E-state index contributed by atoms with van der Waals surface area (Å²) in [5.74, 6) is -0.425. The smallest absolute Gasteiger partial charge is 0.252 e. The minimum Gasteiger partial charge on any atom is -0.351 e. The first kappa shape index (κ1) is 15.1. The molecule has 0 saturated carbocycles. The zero-order chi connectivity index (χ0) is 13.6. The SMILES string of the molecule is CCNS(=O)(=O)CCNC(=O)c1ccccc1Br. The van der Waals surface area contributed by atoms with Gasteiger partial charge in [0, 0.05) is 17.6 Å². The minimum atomic E-state index is -3.30. The topological polar surface area (TPSA) is 75.3 Å². The molecule has 0 saturated heterocycles. The van der Waals surface area contributed by atoms with Crippen molar-refractivity contribution in [3.63, 3.8) is 0 Å². The van der Waals surface area contributed by atoms with Crippen LogP contribution in [0.15, 0.2) is 28.7 Å². The van der Waals surface area contributed by atoms with Gasteiger partial charge < -0.3 is 5.32 Å². The van der Waals surface area contributed by atoms with Crippen molar-refractivity contribution >= 4 is 31.9 Å². The van der Waals surface area contributed by atoms with E-state index in [1.807, 2.05) is 0 Å². The van der Waals surface area contributed by atoms with Crippen molar-refractivity contribution in [2.24, 2.45) is 0 Å². The number of sulfonamides is 1. The predicted molar refractivity (Wildman–Crippen MR) is 73.9 cm³/mol. The van der Waals surface area contributed by atoms with Crippen molar-refractivity contribution in [1.29, 1.82) is 0 Å². The Morgan fingerprint density at radius 1 is 1.33 bits per heavy atom. The summed E-state index contributed by atoms with van der Waals surface area (Å²) in [5.41, 5.74) is 0.485. The predicted octanol–water partition coefficient (Wildman–Crippen LogP) is 1.12. The average molecular weight is 335 g/mol. The number of hydrogen-bond acceptors (Lipinski definition) is 3. The Labute approximate surface area is 115 Å². The van der Waals surface area contributed by atoms with Crippen LogP contribution in [0.3, 0.4) is 0 Å². The van der Waals surface area contributed by atoms with Gasteiger partial charge in [0.25, 0.3) is 5.91 Å². The lowest BCUT2D eigenvalue weighted by atomic mass is 10.2. The highest BCUT2D eigenvalue weighted by Gasteiger charge is 2.11. The number of hydrogen-bond donors (Lipinski definition) is 2. The lowest BCUT2D eigenvalue weighted by Gasteiger charge is -2.07. The maximum Gasteiger partial charge on any atom is 0.252 e. The number of carbonyl (C=O) groups is 1. The lowest BCUT2D eigenvalue weighted by Crippen LogP contribution is -2.34. The van der Waals surface area contributed by atoms with Gasteiger partial charge in [-0.1, -0.05) is 19.1 Å². The Balaban J connectivity index is 2.51. The molecule has 0 spiro atoms. The van der Waals surface area contributed by atoms with Crippen LogP contribution in [0.2, 0.25) is 0 Å². The molecule has 1 rings (SSSR count). The summed E-state index contributed by atoms with van der Waals surface area (Å²) < 4.78 is 25.7. The van der Waals surface area contributed by atoms with Gasteiger partial charge in [-0.25, -0.2) is 13.1 Å². The number of carbonyl (C=O) groups excluding carboxylic acids is 1. The largest absolute Gasteiger partial charge is 0.351 e. The summed E-state index contributed by atoms with van der Waals surface area (Å²) in [7, 11) is -3.30.